The van der Waals surface area contributed by atoms with Gasteiger partial charge in [0, 0.05) is 42.0 Å². The van der Waals surface area contributed by atoms with E-state index in [1.807, 2.05) is 48.2 Å². The maximum Gasteiger partial charge on any atom is 0.134 e. The first-order valence-electron chi connectivity index (χ1n) is 10.5. The number of aromatic nitrogens is 1. The molecule has 0 bridgehead atoms. The fourth-order valence-corrected chi connectivity index (χ4v) is 6.32. The first-order valence-corrected chi connectivity index (χ1v) is 13.3. The molecule has 6 nitrogen and oxygen atoms in total. The van der Waals surface area contributed by atoms with Gasteiger partial charge in [-0.1, -0.05) is 29.8 Å². The van der Waals surface area contributed by atoms with Crippen LogP contribution in [0.3, 0.4) is 0 Å². The first-order chi connectivity index (χ1) is 14.9. The number of pyridine rings is 1. The molecule has 2 aromatic carbocycles. The van der Waals surface area contributed by atoms with Crippen LogP contribution in [0, 0.1) is 6.92 Å². The summed E-state index contributed by atoms with van der Waals surface area (Å²) in [5, 5.41) is 0.974. The van der Waals surface area contributed by atoms with E-state index in [4.69, 9.17) is 16.5 Å². The van der Waals surface area contributed by atoms with Crippen LogP contribution < -0.4 is 16.4 Å². The van der Waals surface area contributed by atoms with Crippen molar-refractivity contribution >= 4 is 44.8 Å². The van der Waals surface area contributed by atoms with E-state index in [0.29, 0.717) is 24.5 Å². The molecule has 8 heteroatoms. The van der Waals surface area contributed by atoms with Crippen LogP contribution in [0.15, 0.2) is 47.4 Å². The van der Waals surface area contributed by atoms with Crippen LogP contribution in [0.25, 0.3) is 10.9 Å². The summed E-state index contributed by atoms with van der Waals surface area (Å²) >= 11 is 1.81. The zero-order valence-electron chi connectivity index (χ0n) is 17.8. The number of aryl methyl sites for hydroxylation is 1. The van der Waals surface area contributed by atoms with Crippen molar-refractivity contribution in [3.63, 3.8) is 0 Å². The van der Waals surface area contributed by atoms with Gasteiger partial charge in [0.15, 0.2) is 0 Å². The number of rotatable bonds is 6. The summed E-state index contributed by atoms with van der Waals surface area (Å²) in [7, 11) is -2.83. The van der Waals surface area contributed by atoms with Gasteiger partial charge in [0.25, 0.3) is 0 Å². The maximum absolute atomic E-state index is 10.7. The molecular weight excluding hydrogens is 428 g/mol. The van der Waals surface area contributed by atoms with Crippen LogP contribution in [0.5, 0.6) is 0 Å². The Balaban J connectivity index is 1.79. The standard InChI is InChI=1S/C23H30N4O2S2/c1-16-6-7-20-19(14-16)22(25)18(8-11-30-12-9-24)23(26-20)27-10-13-31(28,29)21-5-3-2-4-17(21)15-27/h2-7,14,28-29H,8-13,15,24H2,1H3,(H2,25,26). The minimum atomic E-state index is -2.83. The number of nitrogen functional groups attached to an aromatic ring is 1. The molecule has 4 rings (SSSR count). The third-order valence-corrected chi connectivity index (χ3v) is 8.53. The van der Waals surface area contributed by atoms with Crippen LogP contribution in [-0.4, -0.2) is 44.4 Å². The lowest BCUT2D eigenvalue weighted by Crippen LogP contribution is -2.27. The van der Waals surface area contributed by atoms with E-state index in [2.05, 4.69) is 17.9 Å². The summed E-state index contributed by atoms with van der Waals surface area (Å²) in [6, 6.07) is 13.7. The highest BCUT2D eigenvalue weighted by Crippen LogP contribution is 2.51. The minimum Gasteiger partial charge on any atom is -0.398 e. The minimum absolute atomic E-state index is 0.277. The second-order valence-electron chi connectivity index (χ2n) is 7.90. The summed E-state index contributed by atoms with van der Waals surface area (Å²) in [5.41, 5.74) is 17.1. The molecule has 0 amide bonds. The number of fused-ring (bicyclic) bond motifs is 2. The normalized spacial score (nSPS) is 16.7. The number of nitrogens with zero attached hydrogens (tertiary/aromatic N) is 2. The molecule has 0 spiro atoms. The largest absolute Gasteiger partial charge is 0.398 e. The van der Waals surface area contributed by atoms with Gasteiger partial charge in [-0.2, -0.15) is 22.4 Å². The monoisotopic (exact) mass is 458 g/mol. The third kappa shape index (κ3) is 4.63. The van der Waals surface area contributed by atoms with Crippen molar-refractivity contribution in [1.82, 2.24) is 4.98 Å². The van der Waals surface area contributed by atoms with Crippen molar-refractivity contribution in [2.45, 2.75) is 24.8 Å². The van der Waals surface area contributed by atoms with Gasteiger partial charge < -0.3 is 16.4 Å². The lowest BCUT2D eigenvalue weighted by atomic mass is 10.0. The van der Waals surface area contributed by atoms with Crippen LogP contribution in [0.1, 0.15) is 16.7 Å². The van der Waals surface area contributed by atoms with Crippen molar-refractivity contribution in [3.8, 4) is 0 Å². The van der Waals surface area contributed by atoms with E-state index < -0.39 is 10.6 Å². The molecule has 31 heavy (non-hydrogen) atoms. The van der Waals surface area contributed by atoms with E-state index in [-0.39, 0.29) is 5.75 Å². The Morgan fingerprint density at radius 3 is 2.77 bits per heavy atom. The lowest BCUT2D eigenvalue weighted by Gasteiger charge is -2.32. The Morgan fingerprint density at radius 2 is 1.97 bits per heavy atom. The van der Waals surface area contributed by atoms with Crippen LogP contribution in [0.2, 0.25) is 0 Å². The fourth-order valence-electron chi connectivity index (χ4n) is 4.06. The Hall–Kier alpha value is -1.97. The van der Waals surface area contributed by atoms with Gasteiger partial charge in [0.05, 0.1) is 16.2 Å². The molecule has 3 aromatic rings. The van der Waals surface area contributed by atoms with Gasteiger partial charge >= 0.3 is 0 Å². The van der Waals surface area contributed by atoms with E-state index in [9.17, 15) is 9.11 Å². The highest BCUT2D eigenvalue weighted by Gasteiger charge is 2.28. The Morgan fingerprint density at radius 1 is 1.16 bits per heavy atom. The summed E-state index contributed by atoms with van der Waals surface area (Å²) in [5.74, 6) is 2.94. The van der Waals surface area contributed by atoms with Crippen molar-refractivity contribution in [2.24, 2.45) is 5.73 Å². The van der Waals surface area contributed by atoms with Gasteiger partial charge in [-0.15, -0.1) is 0 Å². The molecule has 1 aliphatic heterocycles. The van der Waals surface area contributed by atoms with Crippen LogP contribution >= 0.6 is 22.4 Å². The van der Waals surface area contributed by atoms with Crippen molar-refractivity contribution in [3.05, 3.63) is 59.2 Å². The number of hydrogen-bond acceptors (Lipinski definition) is 7. The molecule has 0 unspecified atom stereocenters. The fraction of sp³-hybridized carbons (Fsp3) is 0.348. The van der Waals surface area contributed by atoms with Gasteiger partial charge in [-0.3, -0.25) is 9.11 Å². The Bertz CT molecular complexity index is 1090. The molecule has 0 aliphatic carbocycles. The molecule has 6 N–H and O–H groups in total. The van der Waals surface area contributed by atoms with Gasteiger partial charge in [0.2, 0.25) is 0 Å². The number of nitrogens with two attached hydrogens (primary N) is 2. The molecule has 0 saturated heterocycles. The Labute approximate surface area is 189 Å². The van der Waals surface area contributed by atoms with Crippen molar-refractivity contribution in [2.75, 3.05) is 41.0 Å². The number of anilines is 2. The van der Waals surface area contributed by atoms with Gasteiger partial charge in [0.1, 0.15) is 5.82 Å². The number of benzene rings is 2. The van der Waals surface area contributed by atoms with Gasteiger partial charge in [-0.05, 0) is 42.9 Å². The summed E-state index contributed by atoms with van der Waals surface area (Å²) < 4.78 is 21.5. The second-order valence-corrected chi connectivity index (χ2v) is 11.3. The van der Waals surface area contributed by atoms with Crippen LogP contribution in [0.4, 0.5) is 11.5 Å². The average molecular weight is 459 g/mol. The predicted octanol–water partition coefficient (Wildman–Crippen LogP) is 4.49. The molecule has 0 saturated carbocycles. The number of hydrogen-bond donors (Lipinski definition) is 4. The highest BCUT2D eigenvalue weighted by atomic mass is 32.3. The third-order valence-electron chi connectivity index (χ3n) is 5.65. The molecule has 0 atom stereocenters. The molecule has 2 heterocycles. The van der Waals surface area contributed by atoms with E-state index in [1.165, 1.54) is 0 Å². The first kappa shape index (κ1) is 22.2. The summed E-state index contributed by atoms with van der Waals surface area (Å²) in [4.78, 5) is 7.81. The quantitative estimate of drug-likeness (QED) is 0.403. The Kier molecular flexibility index (Phi) is 6.64. The number of thioether (sulfide) groups is 1. The molecule has 0 radical (unpaired) electrons. The zero-order chi connectivity index (χ0) is 22.0. The zero-order valence-corrected chi connectivity index (χ0v) is 19.4. The second kappa shape index (κ2) is 9.26. The molecule has 0 fully saturated rings. The van der Waals surface area contributed by atoms with Crippen molar-refractivity contribution in [1.29, 1.82) is 0 Å². The SMILES string of the molecule is Cc1ccc2nc(N3CCS(O)(O)c4ccccc4C3)c(CCSCCN)c(N)c2c1. The average Bonchev–Trinajstić information content (AvgIpc) is 2.89. The molecule has 166 valence electrons. The van der Waals surface area contributed by atoms with Crippen molar-refractivity contribution < 1.29 is 9.11 Å². The molecular formula is C23H30N4O2S2. The van der Waals surface area contributed by atoms with E-state index >= 15 is 0 Å². The molecule has 1 aliphatic rings. The lowest BCUT2D eigenvalue weighted by molar-refractivity contribution is 0.488. The topological polar surface area (TPSA) is 109 Å². The summed E-state index contributed by atoms with van der Waals surface area (Å²) in [6.45, 7) is 3.78. The smallest absolute Gasteiger partial charge is 0.134 e. The van der Waals surface area contributed by atoms with Gasteiger partial charge in [-0.25, -0.2) is 4.98 Å². The maximum atomic E-state index is 10.7. The van der Waals surface area contributed by atoms with E-state index in [0.717, 1.165) is 57.0 Å². The van der Waals surface area contributed by atoms with E-state index in [1.54, 1.807) is 0 Å². The highest BCUT2D eigenvalue weighted by molar-refractivity contribution is 8.24. The molecule has 1 aromatic heterocycles. The predicted molar refractivity (Wildman–Crippen MR) is 134 cm³/mol. The summed E-state index contributed by atoms with van der Waals surface area (Å²) in [6.07, 6.45) is 0.789. The van der Waals surface area contributed by atoms with Crippen LogP contribution in [-0.2, 0) is 13.0 Å².